The average Bonchev–Trinajstić information content (AvgIpc) is 3.35. The molecule has 0 aromatic carbocycles. The summed E-state index contributed by atoms with van der Waals surface area (Å²) < 4.78 is 2.16. The summed E-state index contributed by atoms with van der Waals surface area (Å²) in [6, 6.07) is 0.614. The van der Waals surface area contributed by atoms with E-state index in [0.29, 0.717) is 18.4 Å². The zero-order chi connectivity index (χ0) is 19.1. The number of aliphatic hydroxyl groups excluding tert-OH is 1. The van der Waals surface area contributed by atoms with Crippen LogP contribution in [0.2, 0.25) is 0 Å². The van der Waals surface area contributed by atoms with Crippen molar-refractivity contribution >= 4 is 22.9 Å². The smallest absolute Gasteiger partial charge is 0.222 e. The van der Waals surface area contributed by atoms with Gasteiger partial charge in [-0.15, -0.1) is 0 Å². The number of amides is 1. The summed E-state index contributed by atoms with van der Waals surface area (Å²) in [5.74, 6) is 1.18. The lowest BCUT2D eigenvalue weighted by Crippen LogP contribution is -2.48. The minimum Gasteiger partial charge on any atom is -0.393 e. The summed E-state index contributed by atoms with van der Waals surface area (Å²) in [7, 11) is 0. The van der Waals surface area contributed by atoms with Gasteiger partial charge in [0, 0.05) is 38.1 Å². The van der Waals surface area contributed by atoms with Crippen LogP contribution in [0.15, 0.2) is 12.7 Å². The van der Waals surface area contributed by atoms with E-state index < -0.39 is 0 Å². The highest BCUT2D eigenvalue weighted by Gasteiger charge is 2.33. The van der Waals surface area contributed by atoms with Crippen LogP contribution in [0, 0.1) is 0 Å². The van der Waals surface area contributed by atoms with Gasteiger partial charge in [0.2, 0.25) is 5.91 Å². The molecule has 1 atom stereocenters. The van der Waals surface area contributed by atoms with Crippen molar-refractivity contribution in [2.75, 3.05) is 24.5 Å². The SMILES string of the molecule is O=C1CCCN1C1CCCN(c2ncnc3c2ncn3C2CCC(O)CC2)C1. The van der Waals surface area contributed by atoms with E-state index in [1.807, 2.05) is 6.33 Å². The molecule has 1 unspecified atom stereocenters. The molecule has 2 aromatic heterocycles. The van der Waals surface area contributed by atoms with Gasteiger partial charge in [-0.1, -0.05) is 0 Å². The van der Waals surface area contributed by atoms with Crippen molar-refractivity contribution in [2.45, 2.75) is 69.6 Å². The number of rotatable bonds is 3. The van der Waals surface area contributed by atoms with Crippen LogP contribution in [0.1, 0.15) is 57.4 Å². The van der Waals surface area contributed by atoms with Gasteiger partial charge in [-0.2, -0.15) is 0 Å². The first-order valence-electron chi connectivity index (χ1n) is 10.6. The van der Waals surface area contributed by atoms with Crippen molar-refractivity contribution in [3.8, 4) is 0 Å². The van der Waals surface area contributed by atoms with Crippen molar-refractivity contribution in [3.63, 3.8) is 0 Å². The zero-order valence-corrected chi connectivity index (χ0v) is 16.2. The lowest BCUT2D eigenvalue weighted by atomic mass is 9.93. The van der Waals surface area contributed by atoms with Gasteiger partial charge >= 0.3 is 0 Å². The van der Waals surface area contributed by atoms with Gasteiger partial charge in [0.1, 0.15) is 6.33 Å². The first-order valence-corrected chi connectivity index (χ1v) is 10.6. The fraction of sp³-hybridized carbons (Fsp3) is 0.700. The fourth-order valence-corrected chi connectivity index (χ4v) is 5.13. The van der Waals surface area contributed by atoms with Crippen molar-refractivity contribution in [1.82, 2.24) is 24.4 Å². The monoisotopic (exact) mass is 384 g/mol. The molecule has 1 aliphatic carbocycles. The normalized spacial score (nSPS) is 29.0. The number of aliphatic hydroxyl groups is 1. The Kier molecular flexibility index (Phi) is 4.66. The van der Waals surface area contributed by atoms with Gasteiger partial charge in [0.05, 0.1) is 12.4 Å². The third kappa shape index (κ3) is 3.13. The maximum Gasteiger partial charge on any atom is 0.222 e. The minimum atomic E-state index is -0.171. The molecule has 4 heterocycles. The van der Waals surface area contributed by atoms with Crippen molar-refractivity contribution in [3.05, 3.63) is 12.7 Å². The maximum atomic E-state index is 12.2. The largest absolute Gasteiger partial charge is 0.393 e. The number of anilines is 1. The predicted molar refractivity (Wildman–Crippen MR) is 105 cm³/mol. The van der Waals surface area contributed by atoms with E-state index in [1.165, 1.54) is 0 Å². The highest BCUT2D eigenvalue weighted by atomic mass is 16.3. The van der Waals surface area contributed by atoms with Crippen LogP contribution in [0.25, 0.3) is 11.2 Å². The second kappa shape index (κ2) is 7.31. The van der Waals surface area contributed by atoms with Crippen molar-refractivity contribution in [2.24, 2.45) is 0 Å². The molecule has 2 aliphatic heterocycles. The van der Waals surface area contributed by atoms with Crippen molar-refractivity contribution in [1.29, 1.82) is 0 Å². The molecule has 0 bridgehead atoms. The Morgan fingerprint density at radius 1 is 0.964 bits per heavy atom. The number of aromatic nitrogens is 4. The molecular formula is C20H28N6O2. The Labute approximate surface area is 164 Å². The average molecular weight is 384 g/mol. The van der Waals surface area contributed by atoms with Gasteiger partial charge in [0.25, 0.3) is 0 Å². The Morgan fingerprint density at radius 3 is 2.61 bits per heavy atom. The molecule has 1 amide bonds. The number of likely N-dealkylation sites (tertiary alicyclic amines) is 1. The van der Waals surface area contributed by atoms with Crippen LogP contribution in [0.4, 0.5) is 5.82 Å². The van der Waals surface area contributed by atoms with Crippen LogP contribution in [-0.4, -0.2) is 67.2 Å². The predicted octanol–water partition coefficient (Wildman–Crippen LogP) is 1.89. The van der Waals surface area contributed by atoms with Gasteiger partial charge in [-0.25, -0.2) is 15.0 Å². The summed E-state index contributed by atoms with van der Waals surface area (Å²) in [4.78, 5) is 30.3. The highest BCUT2D eigenvalue weighted by Crippen LogP contribution is 2.33. The summed E-state index contributed by atoms with van der Waals surface area (Å²) >= 11 is 0. The second-order valence-electron chi connectivity index (χ2n) is 8.42. The standard InChI is InChI=1S/C20H28N6O2/c27-16-7-5-14(6-8-16)26-13-23-18-19(21-12-22-20(18)26)24-9-1-3-15(11-24)25-10-2-4-17(25)28/h12-16,27H,1-11H2. The number of imidazole rings is 1. The van der Waals surface area contributed by atoms with E-state index in [2.05, 4.69) is 29.3 Å². The Bertz CT molecular complexity index is 859. The molecule has 8 nitrogen and oxygen atoms in total. The molecule has 3 fully saturated rings. The van der Waals surface area contributed by atoms with Gasteiger partial charge in [-0.05, 0) is 44.9 Å². The molecule has 0 radical (unpaired) electrons. The van der Waals surface area contributed by atoms with E-state index in [1.54, 1.807) is 6.33 Å². The van der Waals surface area contributed by atoms with E-state index in [9.17, 15) is 9.90 Å². The lowest BCUT2D eigenvalue weighted by Gasteiger charge is -2.38. The summed E-state index contributed by atoms with van der Waals surface area (Å²) in [6.45, 7) is 2.64. The van der Waals surface area contributed by atoms with E-state index >= 15 is 0 Å². The summed E-state index contributed by atoms with van der Waals surface area (Å²) in [5.41, 5.74) is 1.73. The van der Waals surface area contributed by atoms with Crippen LogP contribution < -0.4 is 4.90 Å². The molecule has 150 valence electrons. The van der Waals surface area contributed by atoms with Crippen LogP contribution in [0.3, 0.4) is 0 Å². The Hall–Kier alpha value is -2.22. The first-order chi connectivity index (χ1) is 13.7. The number of carbonyl (C=O) groups excluding carboxylic acids is 1. The molecule has 5 rings (SSSR count). The minimum absolute atomic E-state index is 0.171. The topological polar surface area (TPSA) is 87.4 Å². The number of hydrogen-bond donors (Lipinski definition) is 1. The number of carbonyl (C=O) groups is 1. The van der Waals surface area contributed by atoms with Gasteiger partial charge < -0.3 is 19.5 Å². The number of piperidine rings is 1. The molecule has 2 saturated heterocycles. The summed E-state index contributed by atoms with van der Waals surface area (Å²) in [5, 5.41) is 9.80. The van der Waals surface area contributed by atoms with E-state index in [0.717, 1.165) is 81.6 Å². The molecule has 1 N–H and O–H groups in total. The zero-order valence-electron chi connectivity index (χ0n) is 16.2. The quantitative estimate of drug-likeness (QED) is 0.870. The van der Waals surface area contributed by atoms with Gasteiger partial charge in [-0.3, -0.25) is 4.79 Å². The van der Waals surface area contributed by atoms with Crippen molar-refractivity contribution < 1.29 is 9.90 Å². The highest BCUT2D eigenvalue weighted by molar-refractivity contribution is 5.83. The summed E-state index contributed by atoms with van der Waals surface area (Å²) in [6.07, 6.45) is 10.7. The maximum absolute atomic E-state index is 12.2. The lowest BCUT2D eigenvalue weighted by molar-refractivity contribution is -0.129. The fourth-order valence-electron chi connectivity index (χ4n) is 5.13. The molecule has 3 aliphatic rings. The molecule has 2 aromatic rings. The molecule has 0 spiro atoms. The van der Waals surface area contributed by atoms with Crippen LogP contribution >= 0.6 is 0 Å². The Morgan fingerprint density at radius 2 is 1.82 bits per heavy atom. The third-order valence-corrected chi connectivity index (χ3v) is 6.65. The van der Waals surface area contributed by atoms with E-state index in [4.69, 9.17) is 0 Å². The molecule has 28 heavy (non-hydrogen) atoms. The number of hydrogen-bond acceptors (Lipinski definition) is 6. The molecule has 1 saturated carbocycles. The second-order valence-corrected chi connectivity index (χ2v) is 8.42. The molecular weight excluding hydrogens is 356 g/mol. The third-order valence-electron chi connectivity index (χ3n) is 6.65. The van der Waals surface area contributed by atoms with Crippen LogP contribution in [0.5, 0.6) is 0 Å². The Balaban J connectivity index is 1.40. The van der Waals surface area contributed by atoms with Gasteiger partial charge in [0.15, 0.2) is 17.0 Å². The first kappa shape index (κ1) is 17.8. The van der Waals surface area contributed by atoms with Crippen LogP contribution in [-0.2, 0) is 4.79 Å². The molecule has 8 heteroatoms. The van der Waals surface area contributed by atoms with E-state index in [-0.39, 0.29) is 12.1 Å². The number of fused-ring (bicyclic) bond motifs is 1. The number of nitrogens with zero attached hydrogens (tertiary/aromatic N) is 6.